The van der Waals surface area contributed by atoms with Gasteiger partial charge in [0.2, 0.25) is 0 Å². The third kappa shape index (κ3) is 2.41. The molecule has 0 radical (unpaired) electrons. The predicted molar refractivity (Wildman–Crippen MR) is 102 cm³/mol. The first kappa shape index (κ1) is 19.0. The molecule has 0 amide bonds. The van der Waals surface area contributed by atoms with Gasteiger partial charge in [-0.05, 0) is 25.0 Å². The molecular weight excluding hydrogens is 376 g/mol. The third-order valence-corrected chi connectivity index (χ3v) is 7.11. The highest BCUT2D eigenvalue weighted by molar-refractivity contribution is 5.98. The second-order valence-corrected chi connectivity index (χ2v) is 8.41. The molecule has 3 heterocycles. The number of ketones is 1. The maximum Gasteiger partial charge on any atom is 0.339 e. The van der Waals surface area contributed by atoms with Crippen LogP contribution < -0.4 is 10.4 Å². The highest BCUT2D eigenvalue weighted by Crippen LogP contribution is 2.65. The largest absolute Gasteiger partial charge is 0.496 e. The number of rotatable bonds is 4. The van der Waals surface area contributed by atoms with E-state index < -0.39 is 23.4 Å². The minimum Gasteiger partial charge on any atom is -0.496 e. The number of carbonyl (C=O) groups excluding carboxylic acids is 1. The van der Waals surface area contributed by atoms with Crippen molar-refractivity contribution in [2.75, 3.05) is 14.2 Å². The molecule has 7 atom stereocenters. The topological polar surface area (TPSA) is 87.5 Å². The standard InChI is InChI=1S/C22H26O7/c1-5-6-11-18-14(25-3)9-17(23)28-15(18)7-12-10(2)27-21(26-4)13-8-16-19(29-16)20(24)22(11,12)13/h8-12,16,19,21H,5-7H2,1-4H3/t10-,11?,12-,16+,19+,21+,22+/m0/s1. The van der Waals surface area contributed by atoms with Gasteiger partial charge in [-0.2, -0.15) is 0 Å². The monoisotopic (exact) mass is 402 g/mol. The molecule has 0 N–H and O–H groups in total. The molecule has 1 aromatic rings. The van der Waals surface area contributed by atoms with Gasteiger partial charge in [-0.1, -0.05) is 13.3 Å². The number of methoxy groups -OCH3 is 2. The molecule has 7 heteroatoms. The summed E-state index contributed by atoms with van der Waals surface area (Å²) >= 11 is 0. The first-order valence-electron chi connectivity index (χ1n) is 10.3. The van der Waals surface area contributed by atoms with E-state index in [2.05, 4.69) is 6.92 Å². The van der Waals surface area contributed by atoms with Gasteiger partial charge in [0.15, 0.2) is 12.1 Å². The minimum absolute atomic E-state index is 0.0968. The van der Waals surface area contributed by atoms with Crippen molar-refractivity contribution >= 4 is 5.78 Å². The lowest BCUT2D eigenvalue weighted by Crippen LogP contribution is -2.61. The fourth-order valence-corrected chi connectivity index (χ4v) is 6.00. The van der Waals surface area contributed by atoms with Crippen LogP contribution in [0.1, 0.15) is 43.9 Å². The molecule has 0 aromatic carbocycles. The Kier molecular flexibility index (Phi) is 4.28. The molecule has 0 bridgehead atoms. The van der Waals surface area contributed by atoms with Crippen molar-refractivity contribution in [3.05, 3.63) is 39.5 Å². The Morgan fingerprint density at radius 3 is 2.72 bits per heavy atom. The molecule has 156 valence electrons. The second-order valence-electron chi connectivity index (χ2n) is 8.41. The molecule has 0 saturated carbocycles. The van der Waals surface area contributed by atoms with E-state index in [1.807, 2.05) is 13.0 Å². The van der Waals surface area contributed by atoms with E-state index in [9.17, 15) is 9.59 Å². The summed E-state index contributed by atoms with van der Waals surface area (Å²) in [6, 6.07) is 1.38. The van der Waals surface area contributed by atoms with Crippen molar-refractivity contribution in [2.45, 2.75) is 63.6 Å². The van der Waals surface area contributed by atoms with Gasteiger partial charge in [-0.3, -0.25) is 4.79 Å². The summed E-state index contributed by atoms with van der Waals surface area (Å²) in [4.78, 5) is 26.0. The van der Waals surface area contributed by atoms with Gasteiger partial charge >= 0.3 is 5.63 Å². The summed E-state index contributed by atoms with van der Waals surface area (Å²) in [5, 5.41) is 0. The van der Waals surface area contributed by atoms with Gasteiger partial charge in [0.05, 0.1) is 24.7 Å². The van der Waals surface area contributed by atoms with Gasteiger partial charge in [0.25, 0.3) is 0 Å². The van der Waals surface area contributed by atoms with Crippen molar-refractivity contribution in [1.82, 2.24) is 0 Å². The van der Waals surface area contributed by atoms with Gasteiger partial charge in [0.1, 0.15) is 23.7 Å². The summed E-state index contributed by atoms with van der Waals surface area (Å²) in [7, 11) is 3.15. The molecule has 7 nitrogen and oxygen atoms in total. The average Bonchev–Trinajstić information content (AvgIpc) is 3.48. The highest BCUT2D eigenvalue weighted by atomic mass is 16.7. The Balaban J connectivity index is 1.81. The third-order valence-electron chi connectivity index (χ3n) is 7.11. The SMILES string of the molecule is CCCC1c2c(OC)cc(=O)oc2C[C@H]2[C@H](C)O[C@@H](OC)C3=C[C@H]4O[C@H]4C(=O)[C@]312. The van der Waals surface area contributed by atoms with Gasteiger partial charge in [0, 0.05) is 30.9 Å². The van der Waals surface area contributed by atoms with Crippen LogP contribution in [0.3, 0.4) is 0 Å². The molecule has 1 unspecified atom stereocenters. The Labute approximate surface area is 169 Å². The van der Waals surface area contributed by atoms with Crippen LogP contribution in [0.2, 0.25) is 0 Å². The van der Waals surface area contributed by atoms with Crippen molar-refractivity contribution in [3.63, 3.8) is 0 Å². The fraction of sp³-hybridized carbons (Fsp3) is 0.636. The van der Waals surface area contributed by atoms with E-state index in [1.165, 1.54) is 6.07 Å². The maximum atomic E-state index is 13.9. The van der Waals surface area contributed by atoms with Crippen LogP contribution in [-0.4, -0.2) is 44.6 Å². The number of carbonyl (C=O) groups is 1. The first-order chi connectivity index (χ1) is 14.0. The summed E-state index contributed by atoms with van der Waals surface area (Å²) in [5.74, 6) is 0.812. The van der Waals surface area contributed by atoms with E-state index in [0.29, 0.717) is 17.9 Å². The Morgan fingerprint density at radius 1 is 1.24 bits per heavy atom. The van der Waals surface area contributed by atoms with E-state index >= 15 is 0 Å². The lowest BCUT2D eigenvalue weighted by Gasteiger charge is -2.56. The second kappa shape index (κ2) is 6.52. The Hall–Kier alpha value is -1.96. The molecule has 2 fully saturated rings. The molecule has 2 aliphatic heterocycles. The van der Waals surface area contributed by atoms with Gasteiger partial charge in [-0.25, -0.2) is 4.79 Å². The van der Waals surface area contributed by atoms with Gasteiger partial charge in [-0.15, -0.1) is 0 Å². The molecule has 1 aromatic heterocycles. The average molecular weight is 402 g/mol. The van der Waals surface area contributed by atoms with E-state index in [4.69, 9.17) is 23.4 Å². The number of ether oxygens (including phenoxy) is 4. The zero-order valence-corrected chi connectivity index (χ0v) is 17.1. The number of fused-ring (bicyclic) bond motifs is 2. The summed E-state index contributed by atoms with van der Waals surface area (Å²) < 4.78 is 28.8. The van der Waals surface area contributed by atoms with E-state index in [0.717, 1.165) is 24.0 Å². The summed E-state index contributed by atoms with van der Waals surface area (Å²) in [6.45, 7) is 4.06. The molecule has 29 heavy (non-hydrogen) atoms. The zero-order valence-electron chi connectivity index (χ0n) is 17.1. The first-order valence-corrected chi connectivity index (χ1v) is 10.3. The smallest absolute Gasteiger partial charge is 0.339 e. The quantitative estimate of drug-likeness (QED) is 0.564. The van der Waals surface area contributed by atoms with Crippen molar-refractivity contribution in [3.8, 4) is 5.75 Å². The lowest BCUT2D eigenvalue weighted by atomic mass is 9.49. The predicted octanol–water partition coefficient (Wildman–Crippen LogP) is 2.36. The molecule has 5 rings (SSSR count). The number of Topliss-reactive ketones (excluding diaryl/α,β-unsaturated/α-hetero) is 1. The van der Waals surface area contributed by atoms with Crippen LogP contribution in [-0.2, 0) is 25.4 Å². The normalized spacial score (nSPS) is 39.6. The number of hydrogen-bond donors (Lipinski definition) is 0. The highest BCUT2D eigenvalue weighted by Gasteiger charge is 2.70. The van der Waals surface area contributed by atoms with Crippen LogP contribution in [0.4, 0.5) is 0 Å². The summed E-state index contributed by atoms with van der Waals surface area (Å²) in [5.41, 5.74) is 0.422. The minimum atomic E-state index is -0.813. The van der Waals surface area contributed by atoms with E-state index in [1.54, 1.807) is 14.2 Å². The lowest BCUT2D eigenvalue weighted by molar-refractivity contribution is -0.203. The number of epoxide rings is 1. The molecular formula is C22H26O7. The van der Waals surface area contributed by atoms with Crippen LogP contribution in [0.5, 0.6) is 5.75 Å². The Bertz CT molecular complexity index is 947. The van der Waals surface area contributed by atoms with Crippen LogP contribution >= 0.6 is 0 Å². The molecule has 2 aliphatic carbocycles. The summed E-state index contributed by atoms with van der Waals surface area (Å²) in [6.07, 6.45) is 2.61. The van der Waals surface area contributed by atoms with Crippen molar-refractivity contribution < 1.29 is 28.2 Å². The molecule has 1 spiro atoms. The number of hydrogen-bond acceptors (Lipinski definition) is 7. The van der Waals surface area contributed by atoms with Crippen molar-refractivity contribution in [2.24, 2.45) is 11.3 Å². The van der Waals surface area contributed by atoms with Crippen molar-refractivity contribution in [1.29, 1.82) is 0 Å². The Morgan fingerprint density at radius 2 is 2.03 bits per heavy atom. The maximum absolute atomic E-state index is 13.9. The zero-order chi connectivity index (χ0) is 20.5. The van der Waals surface area contributed by atoms with Gasteiger partial charge < -0.3 is 23.4 Å². The van der Waals surface area contributed by atoms with Crippen LogP contribution in [0, 0.1) is 11.3 Å². The van der Waals surface area contributed by atoms with Crippen LogP contribution in [0.25, 0.3) is 0 Å². The fourth-order valence-electron chi connectivity index (χ4n) is 6.00. The molecule has 2 saturated heterocycles. The van der Waals surface area contributed by atoms with E-state index in [-0.39, 0.29) is 29.8 Å². The molecule has 4 aliphatic rings. The van der Waals surface area contributed by atoms with Crippen LogP contribution in [0.15, 0.2) is 26.9 Å².